The van der Waals surface area contributed by atoms with Gasteiger partial charge in [-0.2, -0.15) is 0 Å². The zero-order chi connectivity index (χ0) is 28.5. The van der Waals surface area contributed by atoms with Crippen LogP contribution in [0, 0.1) is 5.92 Å². The minimum atomic E-state index is -3.35. The smallest absolute Gasteiger partial charge is 0.145 e. The van der Waals surface area contributed by atoms with E-state index in [9.17, 15) is 9.67 Å². The van der Waals surface area contributed by atoms with Crippen molar-refractivity contribution in [3.63, 3.8) is 0 Å². The van der Waals surface area contributed by atoms with Crippen molar-refractivity contribution < 1.29 is 28.6 Å². The molecule has 0 saturated carbocycles. The van der Waals surface area contributed by atoms with E-state index >= 15 is 0 Å². The van der Waals surface area contributed by atoms with Gasteiger partial charge in [0.25, 0.3) is 0 Å². The van der Waals surface area contributed by atoms with Crippen molar-refractivity contribution in [1.82, 2.24) is 0 Å². The van der Waals surface area contributed by atoms with Crippen molar-refractivity contribution in [3.8, 4) is 5.75 Å². The first-order chi connectivity index (χ1) is 20.1. The van der Waals surface area contributed by atoms with Crippen LogP contribution in [0.2, 0.25) is 0 Å². The number of benzene rings is 4. The van der Waals surface area contributed by atoms with Crippen LogP contribution in [0.1, 0.15) is 16.7 Å². The van der Waals surface area contributed by atoms with Gasteiger partial charge in [0.1, 0.15) is 24.8 Å². The second-order valence-corrected chi connectivity index (χ2v) is 13.4. The predicted octanol–water partition coefficient (Wildman–Crippen LogP) is 6.02. The molecule has 4 aromatic carbocycles. The molecule has 41 heavy (non-hydrogen) atoms. The Kier molecular flexibility index (Phi) is 10.0. The molecule has 5 unspecified atom stereocenters. The number of aliphatic hydroxyl groups is 1. The van der Waals surface area contributed by atoms with E-state index in [1.165, 1.54) is 0 Å². The highest BCUT2D eigenvalue weighted by atomic mass is 31.2. The van der Waals surface area contributed by atoms with Crippen LogP contribution < -0.4 is 10.0 Å². The van der Waals surface area contributed by atoms with E-state index in [0.29, 0.717) is 30.9 Å². The number of methoxy groups -OCH3 is 1. The van der Waals surface area contributed by atoms with Crippen LogP contribution in [0.15, 0.2) is 115 Å². The third-order valence-electron chi connectivity index (χ3n) is 7.54. The first-order valence-corrected chi connectivity index (χ1v) is 15.9. The van der Waals surface area contributed by atoms with Crippen molar-refractivity contribution >= 4 is 12.4 Å². The number of rotatable bonds is 12. The normalized spacial score (nSPS) is 24.1. The molecule has 7 heteroatoms. The maximum absolute atomic E-state index is 14.8. The van der Waals surface area contributed by atoms with Crippen LogP contribution >= 0.6 is 7.14 Å². The Labute approximate surface area is 242 Å². The second-order valence-electron chi connectivity index (χ2n) is 10.4. The highest BCUT2D eigenvalue weighted by molar-refractivity contribution is 7.72. The fourth-order valence-electron chi connectivity index (χ4n) is 5.32. The molecule has 0 bridgehead atoms. The molecule has 0 amide bonds. The standard InChI is InChI=1S/C34H37O6P/c1-37-30-17-19-31(20-18-30)41(36)25-29(24-38-21-26-11-5-2-6-12-26)32(39-22-27-13-7-3-8-14-27)33(34(41)35)40-23-28-15-9-4-10-16-28/h2-20,29,32-35H,21-25H2,1H3. The monoisotopic (exact) mass is 572 g/mol. The maximum atomic E-state index is 14.8. The van der Waals surface area contributed by atoms with Crippen molar-refractivity contribution in [3.05, 3.63) is 132 Å². The summed E-state index contributed by atoms with van der Waals surface area (Å²) < 4.78 is 39.2. The van der Waals surface area contributed by atoms with E-state index in [0.717, 1.165) is 16.7 Å². The lowest BCUT2D eigenvalue weighted by molar-refractivity contribution is -0.146. The predicted molar refractivity (Wildman–Crippen MR) is 161 cm³/mol. The summed E-state index contributed by atoms with van der Waals surface area (Å²) in [6, 6.07) is 36.8. The van der Waals surface area contributed by atoms with Crippen molar-refractivity contribution in [1.29, 1.82) is 0 Å². The topological polar surface area (TPSA) is 74.2 Å². The molecule has 5 rings (SSSR count). The second kappa shape index (κ2) is 14.1. The number of hydrogen-bond acceptors (Lipinski definition) is 6. The molecule has 0 spiro atoms. The minimum absolute atomic E-state index is 0.236. The third kappa shape index (κ3) is 7.34. The van der Waals surface area contributed by atoms with Gasteiger partial charge in [0.2, 0.25) is 0 Å². The molecule has 0 aliphatic carbocycles. The fraction of sp³-hybridized carbons (Fsp3) is 0.294. The molecule has 1 aliphatic rings. The summed E-state index contributed by atoms with van der Waals surface area (Å²) >= 11 is 0. The molecular weight excluding hydrogens is 535 g/mol. The Bertz CT molecular complexity index is 1380. The van der Waals surface area contributed by atoms with Gasteiger partial charge >= 0.3 is 0 Å². The Balaban J connectivity index is 1.45. The number of aliphatic hydroxyl groups excluding tert-OH is 1. The Morgan fingerprint density at radius 1 is 0.683 bits per heavy atom. The van der Waals surface area contributed by atoms with E-state index in [2.05, 4.69) is 0 Å². The summed E-state index contributed by atoms with van der Waals surface area (Å²) in [5, 5.41) is 12.4. The molecule has 4 aromatic rings. The van der Waals surface area contributed by atoms with Gasteiger partial charge in [-0.1, -0.05) is 91.0 Å². The molecule has 214 valence electrons. The Morgan fingerprint density at radius 3 is 1.68 bits per heavy atom. The molecule has 6 nitrogen and oxygen atoms in total. The molecule has 1 fully saturated rings. The van der Waals surface area contributed by atoms with Crippen LogP contribution in [-0.2, 0) is 38.6 Å². The first kappa shape index (κ1) is 29.2. The fourth-order valence-corrected chi connectivity index (χ4v) is 8.45. The van der Waals surface area contributed by atoms with Crippen LogP contribution in [0.25, 0.3) is 0 Å². The summed E-state index contributed by atoms with van der Waals surface area (Å²) in [5.74, 6) is -0.860. The first-order valence-electron chi connectivity index (χ1n) is 13.9. The molecular formula is C34H37O6P. The van der Waals surface area contributed by atoms with Crippen molar-refractivity contribution in [2.75, 3.05) is 19.9 Å². The lowest BCUT2D eigenvalue weighted by Crippen LogP contribution is -2.53. The van der Waals surface area contributed by atoms with Gasteiger partial charge in [0, 0.05) is 17.4 Å². The minimum Gasteiger partial charge on any atom is -0.497 e. The molecule has 1 saturated heterocycles. The van der Waals surface area contributed by atoms with Gasteiger partial charge in [-0.15, -0.1) is 0 Å². The van der Waals surface area contributed by atoms with Gasteiger partial charge < -0.3 is 28.6 Å². The summed E-state index contributed by atoms with van der Waals surface area (Å²) in [4.78, 5) is 0. The zero-order valence-electron chi connectivity index (χ0n) is 23.3. The van der Waals surface area contributed by atoms with Crippen LogP contribution in [0.3, 0.4) is 0 Å². The largest absolute Gasteiger partial charge is 0.497 e. The summed E-state index contributed by atoms with van der Waals surface area (Å²) in [6.45, 7) is 1.33. The highest BCUT2D eigenvalue weighted by Crippen LogP contribution is 2.57. The maximum Gasteiger partial charge on any atom is 0.145 e. The van der Waals surface area contributed by atoms with Crippen molar-refractivity contribution in [2.45, 2.75) is 37.9 Å². The number of ether oxygens (including phenoxy) is 4. The lowest BCUT2D eigenvalue weighted by Gasteiger charge is -2.44. The molecule has 0 radical (unpaired) electrons. The number of hydrogen-bond donors (Lipinski definition) is 1. The Hall–Kier alpha value is -3.25. The van der Waals surface area contributed by atoms with Gasteiger partial charge in [0.05, 0.1) is 39.6 Å². The van der Waals surface area contributed by atoms with Gasteiger partial charge in [-0.05, 0) is 41.0 Å². The van der Waals surface area contributed by atoms with E-state index in [-0.39, 0.29) is 18.7 Å². The van der Waals surface area contributed by atoms with E-state index in [1.54, 1.807) is 31.4 Å². The average molecular weight is 573 g/mol. The van der Waals surface area contributed by atoms with E-state index < -0.39 is 25.2 Å². The highest BCUT2D eigenvalue weighted by Gasteiger charge is 2.52. The SMILES string of the molecule is COc1ccc(P2(=O)CC(COCc3ccccc3)C(OCc3ccccc3)C(OCc3ccccc3)C2O)cc1. The Morgan fingerprint density at radius 2 is 1.17 bits per heavy atom. The zero-order valence-corrected chi connectivity index (χ0v) is 24.1. The molecule has 0 aromatic heterocycles. The van der Waals surface area contributed by atoms with Crippen LogP contribution in [0.5, 0.6) is 5.75 Å². The van der Waals surface area contributed by atoms with Gasteiger partial charge in [-0.25, -0.2) is 0 Å². The van der Waals surface area contributed by atoms with E-state index in [1.807, 2.05) is 91.0 Å². The van der Waals surface area contributed by atoms with Crippen molar-refractivity contribution in [2.24, 2.45) is 5.92 Å². The molecule has 1 aliphatic heterocycles. The summed E-state index contributed by atoms with van der Waals surface area (Å²) in [5.41, 5.74) is 3.03. The molecule has 1 heterocycles. The van der Waals surface area contributed by atoms with Crippen LogP contribution in [-0.4, -0.2) is 43.0 Å². The lowest BCUT2D eigenvalue weighted by atomic mass is 9.99. The van der Waals surface area contributed by atoms with E-state index in [4.69, 9.17) is 18.9 Å². The summed E-state index contributed by atoms with van der Waals surface area (Å²) in [7, 11) is -1.76. The summed E-state index contributed by atoms with van der Waals surface area (Å²) in [6.07, 6.45) is -1.13. The molecule has 5 atom stereocenters. The van der Waals surface area contributed by atoms with Gasteiger partial charge in [-0.3, -0.25) is 0 Å². The molecule has 1 N–H and O–H groups in total. The van der Waals surface area contributed by atoms with Crippen LogP contribution in [0.4, 0.5) is 0 Å². The average Bonchev–Trinajstić information content (AvgIpc) is 3.03. The quantitative estimate of drug-likeness (QED) is 0.209. The van der Waals surface area contributed by atoms with Gasteiger partial charge in [0.15, 0.2) is 0 Å². The third-order valence-corrected chi connectivity index (χ3v) is 10.9.